The molecule has 15 heavy (non-hydrogen) atoms. The van der Waals surface area contributed by atoms with Gasteiger partial charge in [0.25, 0.3) is 0 Å². The van der Waals surface area contributed by atoms with Crippen LogP contribution in [0.3, 0.4) is 0 Å². The number of carbonyl (C=O) groups excluding carboxylic acids is 1. The minimum atomic E-state index is -0.0852. The minimum absolute atomic E-state index is 0.0852. The Kier molecular flexibility index (Phi) is 3.25. The topological polar surface area (TPSA) is 54.9 Å². The van der Waals surface area contributed by atoms with Crippen molar-refractivity contribution in [2.24, 2.45) is 0 Å². The lowest BCUT2D eigenvalue weighted by molar-refractivity contribution is -0.120. The summed E-state index contributed by atoms with van der Waals surface area (Å²) < 4.78 is 0.867. The van der Waals surface area contributed by atoms with E-state index in [1.54, 1.807) is 0 Å². The van der Waals surface area contributed by atoms with Crippen LogP contribution >= 0.6 is 23.1 Å². The quantitative estimate of drug-likeness (QED) is 0.816. The lowest BCUT2D eigenvalue weighted by Crippen LogP contribution is -2.32. The number of nitrogens with one attached hydrogen (secondary N) is 1. The van der Waals surface area contributed by atoms with Gasteiger partial charge in [0.1, 0.15) is 5.01 Å². The SMILES string of the molecule is Cc1nnc(S[C@@H](C)C(=O)NC2CC2)s1. The Hall–Kier alpha value is -0.620. The molecule has 0 saturated heterocycles. The molecule has 0 unspecified atom stereocenters. The first-order chi connectivity index (χ1) is 7.15. The summed E-state index contributed by atoms with van der Waals surface area (Å²) in [6, 6.07) is 0.428. The van der Waals surface area contributed by atoms with Crippen molar-refractivity contribution in [3.8, 4) is 0 Å². The molecular weight excluding hydrogens is 230 g/mol. The molecule has 1 aromatic rings. The maximum absolute atomic E-state index is 11.6. The standard InChI is InChI=1S/C9H13N3OS2/c1-5(8(13)10-7-3-4-7)14-9-12-11-6(2)15-9/h5,7H,3-4H2,1-2H3,(H,10,13)/t5-/m0/s1. The van der Waals surface area contributed by atoms with Crippen LogP contribution in [0.5, 0.6) is 0 Å². The van der Waals surface area contributed by atoms with Crippen molar-refractivity contribution in [3.05, 3.63) is 5.01 Å². The molecule has 1 saturated carbocycles. The number of rotatable bonds is 4. The summed E-state index contributed by atoms with van der Waals surface area (Å²) in [6.45, 7) is 3.82. The lowest BCUT2D eigenvalue weighted by Gasteiger charge is -2.08. The number of aromatic nitrogens is 2. The zero-order chi connectivity index (χ0) is 10.8. The smallest absolute Gasteiger partial charge is 0.233 e. The van der Waals surface area contributed by atoms with Crippen LogP contribution in [0.15, 0.2) is 4.34 Å². The number of hydrogen-bond donors (Lipinski definition) is 1. The average molecular weight is 243 g/mol. The molecular formula is C9H13N3OS2. The van der Waals surface area contributed by atoms with Gasteiger partial charge in [-0.2, -0.15) is 0 Å². The molecule has 1 N–H and O–H groups in total. The van der Waals surface area contributed by atoms with Crippen molar-refractivity contribution in [2.75, 3.05) is 0 Å². The molecule has 4 nitrogen and oxygen atoms in total. The average Bonchev–Trinajstić information content (AvgIpc) is 2.90. The Morgan fingerprint density at radius 2 is 2.33 bits per heavy atom. The first-order valence-corrected chi connectivity index (χ1v) is 6.62. The molecule has 1 amide bonds. The molecule has 1 aliphatic rings. The highest BCUT2D eigenvalue weighted by Gasteiger charge is 2.26. The monoisotopic (exact) mass is 243 g/mol. The fourth-order valence-electron chi connectivity index (χ4n) is 1.08. The van der Waals surface area contributed by atoms with Crippen molar-refractivity contribution >= 4 is 29.0 Å². The predicted octanol–water partition coefficient (Wildman–Crippen LogP) is 1.61. The number of aryl methyl sites for hydroxylation is 1. The predicted molar refractivity (Wildman–Crippen MR) is 61.1 cm³/mol. The Morgan fingerprint density at radius 3 is 2.87 bits per heavy atom. The number of hydrogen-bond acceptors (Lipinski definition) is 5. The third kappa shape index (κ3) is 3.17. The molecule has 0 radical (unpaired) electrons. The van der Waals surface area contributed by atoms with Crippen molar-refractivity contribution in [1.29, 1.82) is 0 Å². The van der Waals surface area contributed by atoms with Gasteiger partial charge in [-0.1, -0.05) is 23.1 Å². The van der Waals surface area contributed by atoms with E-state index in [4.69, 9.17) is 0 Å². The Bertz CT molecular complexity index is 362. The molecule has 82 valence electrons. The second-order valence-corrected chi connectivity index (χ2v) is 6.40. The van der Waals surface area contributed by atoms with Crippen molar-refractivity contribution < 1.29 is 4.79 Å². The summed E-state index contributed by atoms with van der Waals surface area (Å²) in [7, 11) is 0. The molecule has 2 rings (SSSR count). The van der Waals surface area contributed by atoms with E-state index >= 15 is 0 Å². The van der Waals surface area contributed by atoms with Gasteiger partial charge in [0.15, 0.2) is 4.34 Å². The third-order valence-corrected chi connectivity index (χ3v) is 4.10. The molecule has 0 spiro atoms. The highest BCUT2D eigenvalue weighted by atomic mass is 32.2. The van der Waals surface area contributed by atoms with Gasteiger partial charge >= 0.3 is 0 Å². The van der Waals surface area contributed by atoms with Gasteiger partial charge in [0, 0.05) is 6.04 Å². The van der Waals surface area contributed by atoms with Crippen LogP contribution in [0.4, 0.5) is 0 Å². The van der Waals surface area contributed by atoms with E-state index in [2.05, 4.69) is 15.5 Å². The maximum Gasteiger partial charge on any atom is 0.233 e. The second-order valence-electron chi connectivity index (χ2n) is 3.63. The molecule has 1 fully saturated rings. The molecule has 0 aromatic carbocycles. The Morgan fingerprint density at radius 1 is 1.60 bits per heavy atom. The van der Waals surface area contributed by atoms with E-state index in [-0.39, 0.29) is 11.2 Å². The number of amides is 1. The molecule has 1 heterocycles. The lowest BCUT2D eigenvalue weighted by atomic mass is 10.4. The van der Waals surface area contributed by atoms with Crippen LogP contribution in [0.1, 0.15) is 24.8 Å². The summed E-state index contributed by atoms with van der Waals surface area (Å²) >= 11 is 3.00. The van der Waals surface area contributed by atoms with Gasteiger partial charge in [0.05, 0.1) is 5.25 Å². The van der Waals surface area contributed by atoms with Crippen LogP contribution in [-0.4, -0.2) is 27.4 Å². The molecule has 1 aliphatic carbocycles. The van der Waals surface area contributed by atoms with Gasteiger partial charge in [0.2, 0.25) is 5.91 Å². The number of carbonyl (C=O) groups is 1. The van der Waals surface area contributed by atoms with Crippen LogP contribution in [0, 0.1) is 6.92 Å². The van der Waals surface area contributed by atoms with Crippen LogP contribution in [0.2, 0.25) is 0 Å². The van der Waals surface area contributed by atoms with Crippen LogP contribution in [-0.2, 0) is 4.79 Å². The molecule has 0 aliphatic heterocycles. The van der Waals surface area contributed by atoms with Crippen molar-refractivity contribution in [2.45, 2.75) is 42.3 Å². The van der Waals surface area contributed by atoms with Crippen molar-refractivity contribution in [1.82, 2.24) is 15.5 Å². The van der Waals surface area contributed by atoms with Gasteiger partial charge in [-0.25, -0.2) is 0 Å². The van der Waals surface area contributed by atoms with E-state index in [0.717, 1.165) is 22.2 Å². The second kappa shape index (κ2) is 4.49. The number of thioether (sulfide) groups is 1. The first-order valence-electron chi connectivity index (χ1n) is 4.92. The van der Waals surface area contributed by atoms with Crippen LogP contribution in [0.25, 0.3) is 0 Å². The van der Waals surface area contributed by atoms with Gasteiger partial charge in [-0.05, 0) is 26.7 Å². The van der Waals surface area contributed by atoms with E-state index in [1.807, 2.05) is 13.8 Å². The van der Waals surface area contributed by atoms with E-state index in [9.17, 15) is 4.79 Å². The summed E-state index contributed by atoms with van der Waals surface area (Å²) in [5.41, 5.74) is 0. The molecule has 1 aromatic heterocycles. The van der Waals surface area contributed by atoms with E-state index in [1.165, 1.54) is 23.1 Å². The Labute approximate surface area is 96.9 Å². The van der Waals surface area contributed by atoms with Gasteiger partial charge in [-0.3, -0.25) is 4.79 Å². The highest BCUT2D eigenvalue weighted by molar-refractivity contribution is 8.02. The Balaban J connectivity index is 1.84. The van der Waals surface area contributed by atoms with Gasteiger partial charge < -0.3 is 5.32 Å². The van der Waals surface area contributed by atoms with Crippen molar-refractivity contribution in [3.63, 3.8) is 0 Å². The van der Waals surface area contributed by atoms with E-state index in [0.29, 0.717) is 6.04 Å². The maximum atomic E-state index is 11.6. The third-order valence-electron chi connectivity index (χ3n) is 2.08. The summed E-state index contributed by atoms with van der Waals surface area (Å²) in [5, 5.41) is 11.7. The van der Waals surface area contributed by atoms with E-state index < -0.39 is 0 Å². The fourth-order valence-corrected chi connectivity index (χ4v) is 3.05. The minimum Gasteiger partial charge on any atom is -0.352 e. The summed E-state index contributed by atoms with van der Waals surface area (Å²) in [5.74, 6) is 0.107. The normalized spacial score (nSPS) is 17.5. The van der Waals surface area contributed by atoms with Crippen LogP contribution < -0.4 is 5.32 Å². The van der Waals surface area contributed by atoms with Gasteiger partial charge in [-0.15, -0.1) is 10.2 Å². The summed E-state index contributed by atoms with van der Waals surface area (Å²) in [4.78, 5) is 11.6. The fraction of sp³-hybridized carbons (Fsp3) is 0.667. The zero-order valence-corrected chi connectivity index (χ0v) is 10.3. The molecule has 6 heteroatoms. The molecule has 0 bridgehead atoms. The number of nitrogens with zero attached hydrogens (tertiary/aromatic N) is 2. The molecule has 1 atom stereocenters. The largest absolute Gasteiger partial charge is 0.352 e. The zero-order valence-electron chi connectivity index (χ0n) is 8.69. The first kappa shape index (κ1) is 10.9. The highest BCUT2D eigenvalue weighted by Crippen LogP contribution is 2.27. The summed E-state index contributed by atoms with van der Waals surface area (Å²) in [6.07, 6.45) is 2.25.